The van der Waals surface area contributed by atoms with E-state index < -0.39 is 45.8 Å². The number of carbonyl (C=O) groups is 3. The van der Waals surface area contributed by atoms with Crippen LogP contribution in [0.25, 0.3) is 0 Å². The van der Waals surface area contributed by atoms with Crippen LogP contribution in [0.3, 0.4) is 0 Å². The molecule has 4 rings (SSSR count). The Bertz CT molecular complexity index is 1270. The van der Waals surface area contributed by atoms with Crippen molar-refractivity contribution >= 4 is 27.9 Å². The number of sulfonamides is 1. The molecule has 1 atom stereocenters. The molecular formula is C22H25FN4O6S. The van der Waals surface area contributed by atoms with Crippen molar-refractivity contribution in [3.05, 3.63) is 53.2 Å². The number of piperazine rings is 1. The Morgan fingerprint density at radius 3 is 2.41 bits per heavy atom. The molecular weight excluding hydrogens is 467 g/mol. The largest absolute Gasteiger partial charge is 0.466 e. The van der Waals surface area contributed by atoms with E-state index >= 15 is 0 Å². The molecule has 12 heteroatoms. The molecule has 0 bridgehead atoms. The highest BCUT2D eigenvalue weighted by atomic mass is 32.2. The zero-order valence-electron chi connectivity index (χ0n) is 19.0. The second kappa shape index (κ2) is 8.51. The van der Waals surface area contributed by atoms with Gasteiger partial charge in [-0.05, 0) is 45.0 Å². The molecule has 4 amide bonds. The summed E-state index contributed by atoms with van der Waals surface area (Å²) in [6.07, 6.45) is 0. The fourth-order valence-electron chi connectivity index (χ4n) is 4.34. The van der Waals surface area contributed by atoms with Crippen molar-refractivity contribution in [2.75, 3.05) is 32.7 Å². The summed E-state index contributed by atoms with van der Waals surface area (Å²) in [7, 11) is -3.90. The lowest BCUT2D eigenvalue weighted by atomic mass is 9.92. The molecule has 0 aliphatic carbocycles. The standard InChI is InChI=1S/C22H25FN4O6S/c1-14-11-18(15(2)33-14)22(3)20(29)27(21(30)24-22)13-19(28)25-7-9-26(10-8-25)34(31,32)17-6-4-5-16(23)12-17/h4-6,11-12H,7-10,13H2,1-3H3,(H,24,30). The molecule has 2 aromatic rings. The highest BCUT2D eigenvalue weighted by Gasteiger charge is 2.51. The minimum atomic E-state index is -3.90. The van der Waals surface area contributed by atoms with Crippen LogP contribution in [0.15, 0.2) is 39.6 Å². The number of benzene rings is 1. The van der Waals surface area contributed by atoms with E-state index in [2.05, 4.69) is 5.32 Å². The van der Waals surface area contributed by atoms with Crippen LogP contribution < -0.4 is 5.32 Å². The van der Waals surface area contributed by atoms with Crippen molar-refractivity contribution in [2.45, 2.75) is 31.2 Å². The average Bonchev–Trinajstić information content (AvgIpc) is 3.24. The van der Waals surface area contributed by atoms with Gasteiger partial charge in [-0.25, -0.2) is 17.6 Å². The number of hydrogen-bond donors (Lipinski definition) is 1. The Hall–Kier alpha value is -3.25. The van der Waals surface area contributed by atoms with Crippen LogP contribution in [0, 0.1) is 19.7 Å². The maximum Gasteiger partial charge on any atom is 0.325 e. The lowest BCUT2D eigenvalue weighted by Gasteiger charge is -2.34. The summed E-state index contributed by atoms with van der Waals surface area (Å²) < 4.78 is 45.7. The smallest absolute Gasteiger partial charge is 0.325 e. The molecule has 10 nitrogen and oxygen atoms in total. The molecule has 2 saturated heterocycles. The van der Waals surface area contributed by atoms with Crippen molar-refractivity contribution in [1.29, 1.82) is 0 Å². The normalized spacial score (nSPS) is 21.8. The SMILES string of the molecule is Cc1cc(C2(C)NC(=O)N(CC(=O)N3CCN(S(=O)(=O)c4cccc(F)c4)CC3)C2=O)c(C)o1. The minimum Gasteiger partial charge on any atom is -0.466 e. The molecule has 2 aliphatic heterocycles. The maximum atomic E-state index is 13.5. The fraction of sp³-hybridized carbons (Fsp3) is 0.409. The second-order valence-electron chi connectivity index (χ2n) is 8.52. The van der Waals surface area contributed by atoms with Crippen molar-refractivity contribution in [2.24, 2.45) is 0 Å². The summed E-state index contributed by atoms with van der Waals surface area (Å²) in [5.41, 5.74) is -0.828. The van der Waals surface area contributed by atoms with Gasteiger partial charge in [0.2, 0.25) is 15.9 Å². The van der Waals surface area contributed by atoms with Gasteiger partial charge in [0.25, 0.3) is 5.91 Å². The molecule has 0 saturated carbocycles. The highest BCUT2D eigenvalue weighted by Crippen LogP contribution is 2.33. The van der Waals surface area contributed by atoms with Crippen LogP contribution in [0.4, 0.5) is 9.18 Å². The number of aryl methyl sites for hydroxylation is 2. The number of amides is 4. The Morgan fingerprint density at radius 1 is 1.15 bits per heavy atom. The zero-order chi connectivity index (χ0) is 24.8. The minimum absolute atomic E-state index is 0.00986. The molecule has 1 unspecified atom stereocenters. The van der Waals surface area contributed by atoms with Gasteiger partial charge in [0.15, 0.2) is 0 Å². The number of urea groups is 1. The zero-order valence-corrected chi connectivity index (χ0v) is 19.8. The van der Waals surface area contributed by atoms with E-state index in [1.807, 2.05) is 0 Å². The van der Waals surface area contributed by atoms with Crippen LogP contribution in [0.1, 0.15) is 24.0 Å². The van der Waals surface area contributed by atoms with Crippen molar-refractivity contribution in [3.8, 4) is 0 Å². The van der Waals surface area contributed by atoms with Crippen LogP contribution in [0.5, 0.6) is 0 Å². The fourth-order valence-corrected chi connectivity index (χ4v) is 5.79. The van der Waals surface area contributed by atoms with Crippen molar-refractivity contribution < 1.29 is 31.6 Å². The number of imide groups is 1. The summed E-state index contributed by atoms with van der Waals surface area (Å²) in [5, 5.41) is 2.65. The number of nitrogens with zero attached hydrogens (tertiary/aromatic N) is 3. The Kier molecular flexibility index (Phi) is 5.98. The second-order valence-corrected chi connectivity index (χ2v) is 10.5. The van der Waals surface area contributed by atoms with Crippen molar-refractivity contribution in [1.82, 2.24) is 19.4 Å². The average molecular weight is 493 g/mol. The molecule has 2 aliphatic rings. The van der Waals surface area contributed by atoms with E-state index in [1.165, 1.54) is 21.3 Å². The van der Waals surface area contributed by atoms with Gasteiger partial charge >= 0.3 is 6.03 Å². The van der Waals surface area contributed by atoms with Gasteiger partial charge in [-0.2, -0.15) is 4.31 Å². The van der Waals surface area contributed by atoms with Crippen LogP contribution in [0.2, 0.25) is 0 Å². The number of hydrogen-bond acceptors (Lipinski definition) is 6. The molecule has 2 fully saturated rings. The summed E-state index contributed by atoms with van der Waals surface area (Å²) in [4.78, 5) is 40.6. The number of carbonyl (C=O) groups excluding carboxylic acids is 3. The van der Waals surface area contributed by atoms with Gasteiger partial charge in [-0.1, -0.05) is 6.07 Å². The van der Waals surface area contributed by atoms with E-state index in [0.717, 1.165) is 17.0 Å². The van der Waals surface area contributed by atoms with Crippen LogP contribution >= 0.6 is 0 Å². The Balaban J connectivity index is 1.41. The maximum absolute atomic E-state index is 13.5. The van der Waals surface area contributed by atoms with Crippen LogP contribution in [-0.4, -0.2) is 73.1 Å². The quantitative estimate of drug-likeness (QED) is 0.629. The molecule has 182 valence electrons. The third-order valence-corrected chi connectivity index (χ3v) is 8.07. The number of rotatable bonds is 5. The van der Waals surface area contributed by atoms with Gasteiger partial charge < -0.3 is 14.6 Å². The van der Waals surface area contributed by atoms with E-state index in [9.17, 15) is 27.2 Å². The topological polar surface area (TPSA) is 120 Å². The Morgan fingerprint density at radius 2 is 1.82 bits per heavy atom. The molecule has 0 spiro atoms. The summed E-state index contributed by atoms with van der Waals surface area (Å²) in [6.45, 7) is 4.70. The molecule has 0 radical (unpaired) electrons. The van der Waals surface area contributed by atoms with Gasteiger partial charge in [-0.15, -0.1) is 0 Å². The van der Waals surface area contributed by atoms with E-state index in [-0.39, 0.29) is 31.1 Å². The lowest BCUT2D eigenvalue weighted by Crippen LogP contribution is -2.53. The molecule has 1 aromatic heterocycles. The first-order chi connectivity index (χ1) is 15.9. The first kappa shape index (κ1) is 23.9. The predicted molar refractivity (Wildman–Crippen MR) is 118 cm³/mol. The molecule has 1 aromatic carbocycles. The molecule has 34 heavy (non-hydrogen) atoms. The Labute approximate surface area is 196 Å². The monoisotopic (exact) mass is 492 g/mol. The number of furan rings is 1. The summed E-state index contributed by atoms with van der Waals surface area (Å²) in [5.74, 6) is -0.609. The highest BCUT2D eigenvalue weighted by molar-refractivity contribution is 7.89. The van der Waals surface area contributed by atoms with Gasteiger partial charge in [0.05, 0.1) is 4.90 Å². The molecule has 1 N–H and O–H groups in total. The third-order valence-electron chi connectivity index (χ3n) is 6.17. The van der Waals surface area contributed by atoms with E-state index in [1.54, 1.807) is 26.8 Å². The molecule has 3 heterocycles. The van der Waals surface area contributed by atoms with Crippen molar-refractivity contribution in [3.63, 3.8) is 0 Å². The van der Waals surface area contributed by atoms with Gasteiger partial charge in [0.1, 0.15) is 29.4 Å². The predicted octanol–water partition coefficient (Wildman–Crippen LogP) is 1.34. The first-order valence-corrected chi connectivity index (χ1v) is 12.1. The lowest BCUT2D eigenvalue weighted by molar-refractivity contribution is -0.139. The van der Waals surface area contributed by atoms with Gasteiger partial charge in [0, 0.05) is 31.7 Å². The number of nitrogens with one attached hydrogen (secondary N) is 1. The van der Waals surface area contributed by atoms with E-state index in [4.69, 9.17) is 4.42 Å². The first-order valence-electron chi connectivity index (χ1n) is 10.7. The summed E-state index contributed by atoms with van der Waals surface area (Å²) in [6, 6.07) is 5.73. The number of halogens is 1. The van der Waals surface area contributed by atoms with Gasteiger partial charge in [-0.3, -0.25) is 14.5 Å². The van der Waals surface area contributed by atoms with E-state index in [0.29, 0.717) is 17.1 Å². The van der Waals surface area contributed by atoms with Crippen LogP contribution in [-0.2, 0) is 25.2 Å². The third kappa shape index (κ3) is 4.07. The summed E-state index contributed by atoms with van der Waals surface area (Å²) >= 11 is 0.